The van der Waals surface area contributed by atoms with Crippen LogP contribution >= 0.6 is 11.6 Å². The van der Waals surface area contributed by atoms with Gasteiger partial charge in [0.15, 0.2) is 0 Å². The lowest BCUT2D eigenvalue weighted by Gasteiger charge is -2.38. The van der Waals surface area contributed by atoms with Crippen LogP contribution < -0.4 is 0 Å². The molecule has 2 aromatic rings. The summed E-state index contributed by atoms with van der Waals surface area (Å²) < 4.78 is 0. The van der Waals surface area contributed by atoms with Crippen molar-refractivity contribution in [2.24, 2.45) is 0 Å². The van der Waals surface area contributed by atoms with Crippen molar-refractivity contribution in [3.8, 4) is 18.6 Å². The summed E-state index contributed by atoms with van der Waals surface area (Å²) in [6, 6.07) is 13.1. The number of likely N-dealkylation sites (N-methyl/N-ethyl adjacent to an activating group) is 1. The number of phenols is 1. The highest BCUT2D eigenvalue weighted by atomic mass is 35.5. The second-order valence-corrected chi connectivity index (χ2v) is 6.92. The van der Waals surface area contributed by atoms with E-state index in [-0.39, 0.29) is 5.75 Å². The summed E-state index contributed by atoms with van der Waals surface area (Å²) in [7, 11) is 2.22. The smallest absolute Gasteiger partial charge is 0.134 e. The van der Waals surface area contributed by atoms with Gasteiger partial charge < -0.3 is 10.0 Å². The first kappa shape index (κ1) is 16.9. The normalized spacial score (nSPS) is 22.2. The van der Waals surface area contributed by atoms with Crippen LogP contribution in [0, 0.1) is 12.8 Å². The van der Waals surface area contributed by atoms with Crippen LogP contribution in [0.1, 0.15) is 34.6 Å². The summed E-state index contributed by atoms with van der Waals surface area (Å²) >= 11 is 6.15. The first-order chi connectivity index (χ1) is 11.6. The van der Waals surface area contributed by atoms with Crippen LogP contribution in [0.2, 0.25) is 5.02 Å². The van der Waals surface area contributed by atoms with Crippen LogP contribution in [0.25, 0.3) is 0 Å². The third-order valence-electron chi connectivity index (χ3n) is 5.33. The number of aromatic hydroxyl groups is 1. The first-order valence-corrected chi connectivity index (χ1v) is 8.65. The molecular formula is C21H22ClNO. The molecule has 2 nitrogen and oxygen atoms in total. The molecule has 1 aliphatic carbocycles. The molecule has 4 rings (SSSR count). The first-order valence-electron chi connectivity index (χ1n) is 8.28. The molecule has 0 bridgehead atoms. The lowest BCUT2D eigenvalue weighted by atomic mass is 9.74. The number of phenolic OH excluding ortho intramolecular Hbond substituents is 1. The molecule has 2 atom stereocenters. The fourth-order valence-electron chi connectivity index (χ4n) is 4.18. The van der Waals surface area contributed by atoms with Crippen molar-refractivity contribution in [2.45, 2.75) is 31.2 Å². The van der Waals surface area contributed by atoms with Gasteiger partial charge in [-0.25, -0.2) is 0 Å². The van der Waals surface area contributed by atoms with E-state index in [9.17, 15) is 5.11 Å². The molecule has 2 aromatic carbocycles. The van der Waals surface area contributed by atoms with E-state index in [1.165, 1.54) is 28.7 Å². The van der Waals surface area contributed by atoms with Crippen molar-refractivity contribution in [3.05, 3.63) is 63.7 Å². The molecule has 3 heteroatoms. The average molecular weight is 340 g/mol. The second-order valence-electron chi connectivity index (χ2n) is 6.52. The highest BCUT2D eigenvalue weighted by Crippen LogP contribution is 2.44. The Bertz CT molecular complexity index is 768. The van der Waals surface area contributed by atoms with Gasteiger partial charge >= 0.3 is 0 Å². The van der Waals surface area contributed by atoms with Gasteiger partial charge in [0, 0.05) is 18.5 Å². The number of terminal acetylenes is 1. The number of hydrogen-bond acceptors (Lipinski definition) is 2. The third-order valence-corrected chi connectivity index (χ3v) is 5.63. The van der Waals surface area contributed by atoms with E-state index >= 15 is 0 Å². The number of halogens is 1. The molecule has 2 aliphatic rings. The minimum absolute atomic E-state index is 0.201. The van der Waals surface area contributed by atoms with Gasteiger partial charge in [-0.2, -0.15) is 0 Å². The molecule has 0 fully saturated rings. The van der Waals surface area contributed by atoms with Crippen molar-refractivity contribution in [1.29, 1.82) is 0 Å². The SMILES string of the molecule is C#C.CN1CCc2cc(Cl)c(O)cc2[C@H]2c3ccccc3CCC21. The second kappa shape index (κ2) is 6.89. The molecule has 0 spiro atoms. The number of aryl methyl sites for hydroxylation is 1. The molecule has 24 heavy (non-hydrogen) atoms. The Morgan fingerprint density at radius 2 is 1.83 bits per heavy atom. The molecule has 0 saturated carbocycles. The maximum atomic E-state index is 10.1. The third kappa shape index (κ3) is 2.79. The highest BCUT2D eigenvalue weighted by Gasteiger charge is 2.36. The van der Waals surface area contributed by atoms with Gasteiger partial charge in [-0.15, -0.1) is 12.8 Å². The molecule has 1 heterocycles. The predicted molar refractivity (Wildman–Crippen MR) is 99.7 cm³/mol. The van der Waals surface area contributed by atoms with E-state index in [4.69, 9.17) is 11.6 Å². The zero-order chi connectivity index (χ0) is 17.3. The van der Waals surface area contributed by atoms with E-state index in [0.717, 1.165) is 19.4 Å². The number of nitrogens with zero attached hydrogens (tertiary/aromatic N) is 1. The summed E-state index contributed by atoms with van der Waals surface area (Å²) in [6.45, 7) is 1.04. The molecule has 0 radical (unpaired) electrons. The number of rotatable bonds is 0. The van der Waals surface area contributed by atoms with Crippen LogP contribution in [-0.4, -0.2) is 29.6 Å². The van der Waals surface area contributed by atoms with E-state index in [1.54, 1.807) is 0 Å². The quantitative estimate of drug-likeness (QED) is 0.726. The standard InChI is InChI=1S/C19H20ClNO.C2H2/c1-21-9-8-13-10-16(20)18(22)11-15(13)19-14-5-3-2-4-12(14)6-7-17(19)21;1-2/h2-5,10-11,17,19,22H,6-9H2,1H3;1-2H/t17?,19-;/m1./s1. The maximum Gasteiger partial charge on any atom is 0.134 e. The molecule has 0 amide bonds. The van der Waals surface area contributed by atoms with E-state index in [2.05, 4.69) is 49.1 Å². The van der Waals surface area contributed by atoms with Crippen LogP contribution in [0.4, 0.5) is 0 Å². The monoisotopic (exact) mass is 339 g/mol. The minimum Gasteiger partial charge on any atom is -0.506 e. The Morgan fingerprint density at radius 1 is 1.08 bits per heavy atom. The van der Waals surface area contributed by atoms with Gasteiger partial charge in [-0.1, -0.05) is 35.9 Å². The summed E-state index contributed by atoms with van der Waals surface area (Å²) in [6.07, 6.45) is 11.3. The summed E-state index contributed by atoms with van der Waals surface area (Å²) in [4.78, 5) is 2.48. The zero-order valence-corrected chi connectivity index (χ0v) is 14.6. The van der Waals surface area contributed by atoms with Gasteiger partial charge in [0.2, 0.25) is 0 Å². The van der Waals surface area contributed by atoms with Gasteiger partial charge in [-0.05, 0) is 60.7 Å². The van der Waals surface area contributed by atoms with Crippen molar-refractivity contribution >= 4 is 11.6 Å². The van der Waals surface area contributed by atoms with Gasteiger partial charge in [-0.3, -0.25) is 0 Å². The Kier molecular flexibility index (Phi) is 4.85. The number of hydrogen-bond donors (Lipinski definition) is 1. The molecule has 1 unspecified atom stereocenters. The lowest BCUT2D eigenvalue weighted by Crippen LogP contribution is -2.39. The fourth-order valence-corrected chi connectivity index (χ4v) is 4.37. The van der Waals surface area contributed by atoms with Crippen LogP contribution in [0.15, 0.2) is 36.4 Å². The molecule has 124 valence electrons. The molecule has 0 saturated heterocycles. The predicted octanol–water partition coefficient (Wildman–Crippen LogP) is 4.23. The minimum atomic E-state index is 0.201. The topological polar surface area (TPSA) is 23.5 Å². The maximum absolute atomic E-state index is 10.1. The fraction of sp³-hybridized carbons (Fsp3) is 0.333. The molecular weight excluding hydrogens is 318 g/mol. The summed E-state index contributed by atoms with van der Waals surface area (Å²) in [5, 5.41) is 10.6. The van der Waals surface area contributed by atoms with Gasteiger partial charge in [0.25, 0.3) is 0 Å². The number of fused-ring (bicyclic) bond motifs is 5. The van der Waals surface area contributed by atoms with E-state index in [0.29, 0.717) is 17.0 Å². The van der Waals surface area contributed by atoms with Crippen molar-refractivity contribution in [3.63, 3.8) is 0 Å². The molecule has 0 aromatic heterocycles. The van der Waals surface area contributed by atoms with E-state index in [1.807, 2.05) is 12.1 Å². The molecule has 1 aliphatic heterocycles. The average Bonchev–Trinajstić information content (AvgIpc) is 2.75. The van der Waals surface area contributed by atoms with Crippen LogP contribution in [0.5, 0.6) is 5.75 Å². The van der Waals surface area contributed by atoms with Crippen molar-refractivity contribution < 1.29 is 5.11 Å². The summed E-state index contributed by atoms with van der Waals surface area (Å²) in [5.74, 6) is 0.530. The van der Waals surface area contributed by atoms with Crippen molar-refractivity contribution in [1.82, 2.24) is 4.90 Å². The summed E-state index contributed by atoms with van der Waals surface area (Å²) in [5.41, 5.74) is 5.39. The largest absolute Gasteiger partial charge is 0.506 e. The Labute approximate surface area is 149 Å². The van der Waals surface area contributed by atoms with Crippen molar-refractivity contribution in [2.75, 3.05) is 13.6 Å². The Hall–Kier alpha value is -1.95. The Balaban J connectivity index is 0.000000815. The van der Waals surface area contributed by atoms with E-state index < -0.39 is 0 Å². The van der Waals surface area contributed by atoms with Gasteiger partial charge in [0.05, 0.1) is 5.02 Å². The zero-order valence-electron chi connectivity index (χ0n) is 13.9. The number of benzene rings is 2. The lowest BCUT2D eigenvalue weighted by molar-refractivity contribution is 0.214. The van der Waals surface area contributed by atoms with Gasteiger partial charge in [0.1, 0.15) is 5.75 Å². The highest BCUT2D eigenvalue weighted by molar-refractivity contribution is 6.32. The van der Waals surface area contributed by atoms with Crippen LogP contribution in [0.3, 0.4) is 0 Å². The Morgan fingerprint density at radius 3 is 2.62 bits per heavy atom. The molecule has 1 N–H and O–H groups in total. The van der Waals surface area contributed by atoms with Crippen LogP contribution in [-0.2, 0) is 12.8 Å².